The summed E-state index contributed by atoms with van der Waals surface area (Å²) in [5, 5.41) is 25.1. The standard InChI is InChI=1S/C25H23ClN2O5/c1-14-5-3-7-18(26)21(14)23(30)27-17-11-9-16(10-12-17)13-19(25(32)33)28-24(31)22-15(2)6-4-8-20(22)29/h3-12,19,29H,13H2,1-2H3,(H,27,30)(H,28,31)(H,32,33). The Labute approximate surface area is 196 Å². The predicted octanol–water partition coefficient (Wildman–Crippen LogP) is 4.34. The Bertz CT molecular complexity index is 1170. The zero-order valence-electron chi connectivity index (χ0n) is 18.1. The number of aliphatic carboxylic acids is 1. The maximum atomic E-state index is 12.6. The SMILES string of the molecule is Cc1cccc(O)c1C(=O)NC(Cc1ccc(NC(=O)c2c(C)cccc2Cl)cc1)C(=O)O. The molecule has 0 fully saturated rings. The van der Waals surface area contributed by atoms with E-state index in [0.29, 0.717) is 27.4 Å². The van der Waals surface area contributed by atoms with E-state index in [0.717, 1.165) is 5.56 Å². The van der Waals surface area contributed by atoms with Gasteiger partial charge in [0.2, 0.25) is 0 Å². The Kier molecular flexibility index (Phi) is 7.35. The highest BCUT2D eigenvalue weighted by Crippen LogP contribution is 2.22. The Morgan fingerprint density at radius 2 is 1.48 bits per heavy atom. The Hall–Kier alpha value is -3.84. The van der Waals surface area contributed by atoms with Gasteiger partial charge in [-0.05, 0) is 54.8 Å². The Morgan fingerprint density at radius 3 is 2.06 bits per heavy atom. The maximum Gasteiger partial charge on any atom is 0.326 e. The monoisotopic (exact) mass is 466 g/mol. The minimum absolute atomic E-state index is 0.0194. The molecule has 1 unspecified atom stereocenters. The minimum atomic E-state index is -1.21. The first-order valence-electron chi connectivity index (χ1n) is 10.1. The molecule has 0 aliphatic rings. The van der Waals surface area contributed by atoms with Crippen LogP contribution in [0.4, 0.5) is 5.69 Å². The van der Waals surface area contributed by atoms with Gasteiger partial charge in [-0.2, -0.15) is 0 Å². The van der Waals surface area contributed by atoms with E-state index in [1.54, 1.807) is 68.4 Å². The van der Waals surface area contributed by atoms with Crippen molar-refractivity contribution in [1.29, 1.82) is 0 Å². The lowest BCUT2D eigenvalue weighted by Crippen LogP contribution is -2.42. The Morgan fingerprint density at radius 1 is 0.879 bits per heavy atom. The molecule has 3 aromatic carbocycles. The summed E-state index contributed by atoms with van der Waals surface area (Å²) >= 11 is 6.14. The number of anilines is 1. The number of carboxylic acids is 1. The Balaban J connectivity index is 1.70. The number of hydrogen-bond donors (Lipinski definition) is 4. The van der Waals surface area contributed by atoms with Gasteiger partial charge in [0.15, 0.2) is 0 Å². The molecule has 0 aliphatic carbocycles. The van der Waals surface area contributed by atoms with Gasteiger partial charge in [0.25, 0.3) is 11.8 Å². The molecular weight excluding hydrogens is 444 g/mol. The number of phenols is 1. The maximum absolute atomic E-state index is 12.6. The van der Waals surface area contributed by atoms with E-state index in [2.05, 4.69) is 10.6 Å². The van der Waals surface area contributed by atoms with Crippen molar-refractivity contribution in [2.45, 2.75) is 26.3 Å². The normalized spacial score (nSPS) is 11.5. The van der Waals surface area contributed by atoms with Gasteiger partial charge >= 0.3 is 5.97 Å². The number of carbonyl (C=O) groups is 3. The van der Waals surface area contributed by atoms with Gasteiger partial charge in [0.05, 0.1) is 16.1 Å². The number of benzene rings is 3. The number of hydrogen-bond acceptors (Lipinski definition) is 4. The fourth-order valence-corrected chi connectivity index (χ4v) is 3.76. The molecule has 0 bridgehead atoms. The van der Waals surface area contributed by atoms with Crippen molar-refractivity contribution in [3.8, 4) is 5.75 Å². The molecule has 7 nitrogen and oxygen atoms in total. The summed E-state index contributed by atoms with van der Waals surface area (Å²) in [5.74, 6) is -2.44. The summed E-state index contributed by atoms with van der Waals surface area (Å²) in [6.45, 7) is 3.45. The molecule has 3 rings (SSSR count). The van der Waals surface area contributed by atoms with E-state index in [-0.39, 0.29) is 23.6 Å². The first-order valence-corrected chi connectivity index (χ1v) is 10.5. The highest BCUT2D eigenvalue weighted by Gasteiger charge is 2.23. The summed E-state index contributed by atoms with van der Waals surface area (Å²) in [7, 11) is 0. The van der Waals surface area contributed by atoms with Crippen molar-refractivity contribution in [3.63, 3.8) is 0 Å². The third-order valence-corrected chi connectivity index (χ3v) is 5.50. The molecule has 4 N–H and O–H groups in total. The number of aromatic hydroxyl groups is 1. The van der Waals surface area contributed by atoms with Crippen LogP contribution in [0.5, 0.6) is 5.75 Å². The quantitative estimate of drug-likeness (QED) is 0.413. The fourth-order valence-electron chi connectivity index (χ4n) is 3.45. The van der Waals surface area contributed by atoms with Crippen LogP contribution in [-0.2, 0) is 11.2 Å². The van der Waals surface area contributed by atoms with E-state index in [4.69, 9.17) is 11.6 Å². The molecule has 0 saturated heterocycles. The van der Waals surface area contributed by atoms with Crippen LogP contribution < -0.4 is 10.6 Å². The van der Waals surface area contributed by atoms with Crippen LogP contribution in [0.3, 0.4) is 0 Å². The van der Waals surface area contributed by atoms with Crippen LogP contribution in [0.1, 0.15) is 37.4 Å². The second kappa shape index (κ2) is 10.2. The number of rotatable bonds is 7. The molecule has 0 aromatic heterocycles. The third kappa shape index (κ3) is 5.70. The van der Waals surface area contributed by atoms with Gasteiger partial charge in [-0.3, -0.25) is 9.59 Å². The second-order valence-electron chi connectivity index (χ2n) is 7.62. The van der Waals surface area contributed by atoms with Crippen molar-refractivity contribution in [2.75, 3.05) is 5.32 Å². The molecule has 170 valence electrons. The minimum Gasteiger partial charge on any atom is -0.507 e. The highest BCUT2D eigenvalue weighted by molar-refractivity contribution is 6.34. The fraction of sp³-hybridized carbons (Fsp3) is 0.160. The van der Waals surface area contributed by atoms with Gasteiger partial charge in [-0.25, -0.2) is 4.79 Å². The van der Waals surface area contributed by atoms with E-state index in [1.165, 1.54) is 6.07 Å². The summed E-state index contributed by atoms with van der Waals surface area (Å²) in [4.78, 5) is 36.9. The largest absolute Gasteiger partial charge is 0.507 e. The van der Waals surface area contributed by atoms with Gasteiger partial charge in [-0.1, -0.05) is 48.0 Å². The highest BCUT2D eigenvalue weighted by atomic mass is 35.5. The number of halogens is 1. The van der Waals surface area contributed by atoms with E-state index in [1.807, 2.05) is 0 Å². The average Bonchev–Trinajstić information content (AvgIpc) is 2.74. The van der Waals surface area contributed by atoms with Gasteiger partial charge < -0.3 is 20.8 Å². The van der Waals surface area contributed by atoms with E-state index < -0.39 is 17.9 Å². The first kappa shape index (κ1) is 23.8. The number of carboxylic acid groups (broad SMARTS) is 1. The van der Waals surface area contributed by atoms with Crippen molar-refractivity contribution >= 4 is 35.1 Å². The zero-order chi connectivity index (χ0) is 24.1. The third-order valence-electron chi connectivity index (χ3n) is 5.18. The van der Waals surface area contributed by atoms with Crippen molar-refractivity contribution in [2.24, 2.45) is 0 Å². The average molecular weight is 467 g/mol. The second-order valence-corrected chi connectivity index (χ2v) is 8.03. The first-order chi connectivity index (χ1) is 15.7. The smallest absolute Gasteiger partial charge is 0.326 e. The molecule has 3 aromatic rings. The molecule has 0 aliphatic heterocycles. The summed E-state index contributed by atoms with van der Waals surface area (Å²) in [5.41, 5.74) is 2.86. The van der Waals surface area contributed by atoms with Crippen LogP contribution in [0.25, 0.3) is 0 Å². The molecule has 0 saturated carbocycles. The van der Waals surface area contributed by atoms with Crippen LogP contribution in [-0.4, -0.2) is 34.0 Å². The van der Waals surface area contributed by atoms with Crippen molar-refractivity contribution in [3.05, 3.63) is 93.5 Å². The molecule has 2 amide bonds. The van der Waals surface area contributed by atoms with E-state index >= 15 is 0 Å². The lowest BCUT2D eigenvalue weighted by atomic mass is 10.0. The molecule has 1 atom stereocenters. The van der Waals surface area contributed by atoms with Crippen LogP contribution in [0.2, 0.25) is 5.02 Å². The van der Waals surface area contributed by atoms with E-state index in [9.17, 15) is 24.6 Å². The molecule has 33 heavy (non-hydrogen) atoms. The molecular formula is C25H23ClN2O5. The molecule has 0 spiro atoms. The predicted molar refractivity (Wildman–Crippen MR) is 126 cm³/mol. The van der Waals surface area contributed by atoms with Crippen LogP contribution in [0.15, 0.2) is 60.7 Å². The topological polar surface area (TPSA) is 116 Å². The summed E-state index contributed by atoms with van der Waals surface area (Å²) < 4.78 is 0. The number of nitrogens with one attached hydrogen (secondary N) is 2. The van der Waals surface area contributed by atoms with Crippen LogP contribution in [0, 0.1) is 13.8 Å². The summed E-state index contributed by atoms with van der Waals surface area (Å²) in [6, 6.07) is 15.2. The van der Waals surface area contributed by atoms with Gasteiger partial charge in [-0.15, -0.1) is 0 Å². The number of carbonyl (C=O) groups excluding carboxylic acids is 2. The number of phenolic OH excluding ortho intramolecular Hbond substituents is 1. The van der Waals surface area contributed by atoms with Gasteiger partial charge in [0.1, 0.15) is 11.8 Å². The van der Waals surface area contributed by atoms with Crippen LogP contribution >= 0.6 is 11.6 Å². The zero-order valence-corrected chi connectivity index (χ0v) is 18.8. The molecule has 0 radical (unpaired) electrons. The lowest BCUT2D eigenvalue weighted by Gasteiger charge is -2.16. The van der Waals surface area contributed by atoms with Gasteiger partial charge in [0, 0.05) is 12.1 Å². The summed E-state index contributed by atoms with van der Waals surface area (Å²) in [6.07, 6.45) is 0.0194. The number of aryl methyl sites for hydroxylation is 2. The molecule has 0 heterocycles. The number of amides is 2. The lowest BCUT2D eigenvalue weighted by molar-refractivity contribution is -0.139. The van der Waals surface area contributed by atoms with Crippen molar-refractivity contribution in [1.82, 2.24) is 5.32 Å². The van der Waals surface area contributed by atoms with Crippen molar-refractivity contribution < 1.29 is 24.6 Å². The molecule has 8 heteroatoms.